The van der Waals surface area contributed by atoms with Crippen molar-refractivity contribution in [2.24, 2.45) is 0 Å². The monoisotopic (exact) mass is 431 g/mol. The van der Waals surface area contributed by atoms with Gasteiger partial charge in [-0.1, -0.05) is 30.3 Å². The van der Waals surface area contributed by atoms with Crippen molar-refractivity contribution < 1.29 is 14.3 Å². The quantitative estimate of drug-likeness (QED) is 0.589. The van der Waals surface area contributed by atoms with Crippen LogP contribution >= 0.6 is 0 Å². The number of pyridine rings is 1. The van der Waals surface area contributed by atoms with E-state index in [9.17, 15) is 4.79 Å². The van der Waals surface area contributed by atoms with E-state index in [4.69, 9.17) is 9.47 Å². The molecule has 0 unspecified atom stereocenters. The van der Waals surface area contributed by atoms with Gasteiger partial charge in [-0.15, -0.1) is 0 Å². The fourth-order valence-corrected chi connectivity index (χ4v) is 4.66. The molecule has 1 saturated heterocycles. The van der Waals surface area contributed by atoms with E-state index in [0.29, 0.717) is 19.6 Å². The Morgan fingerprint density at radius 3 is 2.81 bits per heavy atom. The topological polar surface area (TPSA) is 76.2 Å². The summed E-state index contributed by atoms with van der Waals surface area (Å²) in [5.41, 5.74) is 6.28. The number of carbonyl (C=O) groups is 1. The number of H-pyrrole nitrogens is 1. The number of aryl methyl sites for hydroxylation is 1. The molecule has 1 atom stereocenters. The van der Waals surface area contributed by atoms with Crippen LogP contribution in [-0.4, -0.2) is 40.8 Å². The first-order valence-corrected chi connectivity index (χ1v) is 11.3. The number of fused-ring (bicyclic) bond motifs is 1. The number of anilines is 1. The third-order valence-corrected chi connectivity index (χ3v) is 6.14. The second kappa shape index (κ2) is 8.52. The van der Waals surface area contributed by atoms with Gasteiger partial charge in [-0.2, -0.15) is 0 Å². The van der Waals surface area contributed by atoms with E-state index in [-0.39, 0.29) is 11.9 Å². The number of hydrogen-bond acceptors (Lipinski definition) is 5. The maximum Gasteiger partial charge on any atom is 0.165 e. The number of ketones is 1. The first-order valence-electron chi connectivity index (χ1n) is 11.3. The number of rotatable bonds is 6. The molecule has 0 saturated carbocycles. The zero-order valence-corrected chi connectivity index (χ0v) is 18.6. The van der Waals surface area contributed by atoms with Gasteiger partial charge in [-0.05, 0) is 49.9 Å². The zero-order chi connectivity index (χ0) is 22.1. The van der Waals surface area contributed by atoms with Crippen molar-refractivity contribution in [3.05, 3.63) is 71.0 Å². The first kappa shape index (κ1) is 20.9. The second-order valence-corrected chi connectivity index (χ2v) is 9.03. The van der Waals surface area contributed by atoms with Crippen LogP contribution in [0.25, 0.3) is 11.3 Å². The molecular formula is C26H29N3O3. The lowest BCUT2D eigenvalue weighted by Crippen LogP contribution is -2.26. The summed E-state index contributed by atoms with van der Waals surface area (Å²) in [5, 5.41) is 3.38. The van der Waals surface area contributed by atoms with E-state index in [1.807, 2.05) is 50.4 Å². The Balaban J connectivity index is 1.44. The van der Waals surface area contributed by atoms with E-state index < -0.39 is 5.79 Å². The fourth-order valence-electron chi connectivity index (χ4n) is 4.66. The molecule has 2 aliphatic rings. The number of ether oxygens (including phenoxy) is 2. The van der Waals surface area contributed by atoms with E-state index in [2.05, 4.69) is 27.4 Å². The van der Waals surface area contributed by atoms with Crippen molar-refractivity contribution in [1.29, 1.82) is 0 Å². The summed E-state index contributed by atoms with van der Waals surface area (Å²) in [6.45, 7) is 5.03. The number of hydrogen-bond donors (Lipinski definition) is 2. The van der Waals surface area contributed by atoms with Gasteiger partial charge in [-0.25, -0.2) is 4.98 Å². The molecular weight excluding hydrogens is 402 g/mol. The fraction of sp³-hybridized carbons (Fsp3) is 0.385. The number of nitrogens with zero attached hydrogens (tertiary/aromatic N) is 1. The normalized spacial score (nSPS) is 19.7. The Bertz CT molecular complexity index is 1120. The molecule has 0 spiro atoms. The number of carbonyl (C=O) groups excluding carboxylic acids is 1. The molecule has 32 heavy (non-hydrogen) atoms. The van der Waals surface area contributed by atoms with Crippen LogP contribution < -0.4 is 5.32 Å². The number of aromatic amines is 1. The van der Waals surface area contributed by atoms with Gasteiger partial charge in [0.05, 0.1) is 12.3 Å². The zero-order valence-electron chi connectivity index (χ0n) is 18.6. The lowest BCUT2D eigenvalue weighted by atomic mass is 9.90. The smallest absolute Gasteiger partial charge is 0.165 e. The maximum absolute atomic E-state index is 12.8. The highest BCUT2D eigenvalue weighted by Gasteiger charge is 2.32. The molecule has 3 aromatic rings. The molecule has 1 aliphatic carbocycles. The molecule has 0 amide bonds. The molecule has 6 nitrogen and oxygen atoms in total. The highest BCUT2D eigenvalue weighted by molar-refractivity contribution is 6.01. The van der Waals surface area contributed by atoms with Crippen molar-refractivity contribution in [1.82, 2.24) is 9.97 Å². The molecule has 1 aromatic carbocycles. The molecule has 166 valence electrons. The van der Waals surface area contributed by atoms with Crippen LogP contribution in [-0.2, 0) is 22.3 Å². The third-order valence-electron chi connectivity index (χ3n) is 6.14. The standard InChI is InChI=1S/C26H29N3O3/c1-26(2)31-16-19(32-26)15-28-23-14-18(11-12-27-23)25-20(13-17-7-4-3-5-8-17)24-21(29-25)9-6-10-22(24)30/h3-5,7-8,11-12,14,19,29H,6,9-10,13,15-16H2,1-2H3,(H,27,28)/t19-/m0/s1. The van der Waals surface area contributed by atoms with Gasteiger partial charge in [0.1, 0.15) is 11.9 Å². The van der Waals surface area contributed by atoms with Crippen molar-refractivity contribution in [3.63, 3.8) is 0 Å². The highest BCUT2D eigenvalue weighted by Crippen LogP contribution is 2.35. The number of benzene rings is 1. The van der Waals surface area contributed by atoms with Crippen molar-refractivity contribution >= 4 is 11.6 Å². The van der Waals surface area contributed by atoms with E-state index in [1.54, 1.807) is 0 Å². The Morgan fingerprint density at radius 2 is 2.03 bits per heavy atom. The van der Waals surface area contributed by atoms with Crippen LogP contribution in [0.4, 0.5) is 5.82 Å². The molecule has 5 rings (SSSR count). The van der Waals surface area contributed by atoms with Gasteiger partial charge in [-0.3, -0.25) is 4.79 Å². The summed E-state index contributed by atoms with van der Waals surface area (Å²) in [6.07, 6.45) is 4.95. The Labute approximate surface area is 188 Å². The molecule has 0 bridgehead atoms. The number of nitrogens with one attached hydrogen (secondary N) is 2. The van der Waals surface area contributed by atoms with Gasteiger partial charge < -0.3 is 19.8 Å². The van der Waals surface area contributed by atoms with Crippen LogP contribution in [0, 0.1) is 0 Å². The van der Waals surface area contributed by atoms with Gasteiger partial charge in [0.25, 0.3) is 0 Å². The van der Waals surface area contributed by atoms with Crippen LogP contribution in [0.2, 0.25) is 0 Å². The lowest BCUT2D eigenvalue weighted by molar-refractivity contribution is -0.136. The maximum atomic E-state index is 12.8. The summed E-state index contributed by atoms with van der Waals surface area (Å²) < 4.78 is 11.5. The summed E-state index contributed by atoms with van der Waals surface area (Å²) >= 11 is 0. The summed E-state index contributed by atoms with van der Waals surface area (Å²) in [4.78, 5) is 20.9. The predicted molar refractivity (Wildman–Crippen MR) is 124 cm³/mol. The van der Waals surface area contributed by atoms with Gasteiger partial charge >= 0.3 is 0 Å². The average Bonchev–Trinajstić information content (AvgIpc) is 3.33. The Morgan fingerprint density at radius 1 is 1.19 bits per heavy atom. The number of aromatic nitrogens is 2. The van der Waals surface area contributed by atoms with Crippen LogP contribution in [0.3, 0.4) is 0 Å². The largest absolute Gasteiger partial charge is 0.367 e. The van der Waals surface area contributed by atoms with Crippen molar-refractivity contribution in [2.45, 2.75) is 51.4 Å². The summed E-state index contributed by atoms with van der Waals surface area (Å²) in [6, 6.07) is 14.4. The van der Waals surface area contributed by atoms with E-state index >= 15 is 0 Å². The lowest BCUT2D eigenvalue weighted by Gasteiger charge is -2.17. The molecule has 0 radical (unpaired) electrons. The molecule has 6 heteroatoms. The van der Waals surface area contributed by atoms with Gasteiger partial charge in [0, 0.05) is 42.4 Å². The second-order valence-electron chi connectivity index (χ2n) is 9.03. The SMILES string of the molecule is CC1(C)OC[C@H](CNc2cc(-c3[nH]c4c(c3Cc3ccccc3)C(=O)CCC4)ccn2)O1. The van der Waals surface area contributed by atoms with Crippen molar-refractivity contribution in [2.75, 3.05) is 18.5 Å². The van der Waals surface area contributed by atoms with Gasteiger partial charge in [0.15, 0.2) is 11.6 Å². The Hall–Kier alpha value is -2.96. The van der Waals surface area contributed by atoms with E-state index in [1.165, 1.54) is 5.56 Å². The third kappa shape index (κ3) is 4.33. The van der Waals surface area contributed by atoms with Crippen LogP contribution in [0.5, 0.6) is 0 Å². The molecule has 3 heterocycles. The minimum atomic E-state index is -0.538. The molecule has 1 fully saturated rings. The minimum Gasteiger partial charge on any atom is -0.367 e. The number of Topliss-reactive ketones (excluding diaryl/α,β-unsaturated/α-hetero) is 1. The molecule has 2 aromatic heterocycles. The Kier molecular flexibility index (Phi) is 5.57. The first-order chi connectivity index (χ1) is 15.5. The van der Waals surface area contributed by atoms with E-state index in [0.717, 1.165) is 53.2 Å². The van der Waals surface area contributed by atoms with Gasteiger partial charge in [0.2, 0.25) is 0 Å². The highest BCUT2D eigenvalue weighted by atomic mass is 16.7. The molecule has 2 N–H and O–H groups in total. The predicted octanol–water partition coefficient (Wildman–Crippen LogP) is 4.75. The van der Waals surface area contributed by atoms with Crippen LogP contribution in [0.1, 0.15) is 53.9 Å². The molecule has 1 aliphatic heterocycles. The van der Waals surface area contributed by atoms with Crippen LogP contribution in [0.15, 0.2) is 48.7 Å². The summed E-state index contributed by atoms with van der Waals surface area (Å²) in [5.74, 6) is 0.484. The minimum absolute atomic E-state index is 0.0143. The average molecular weight is 432 g/mol. The summed E-state index contributed by atoms with van der Waals surface area (Å²) in [7, 11) is 0. The van der Waals surface area contributed by atoms with Crippen molar-refractivity contribution in [3.8, 4) is 11.3 Å².